The van der Waals surface area contributed by atoms with E-state index in [2.05, 4.69) is 43.4 Å². The molecule has 0 unspecified atom stereocenters. The molecule has 204 valence electrons. The summed E-state index contributed by atoms with van der Waals surface area (Å²) >= 11 is 0. The summed E-state index contributed by atoms with van der Waals surface area (Å²) in [7, 11) is 0. The summed E-state index contributed by atoms with van der Waals surface area (Å²) in [5, 5.41) is 8.48. The maximum Gasteiger partial charge on any atom is 0.303 e. The summed E-state index contributed by atoms with van der Waals surface area (Å²) in [4.78, 5) is 20.4. The lowest BCUT2D eigenvalue weighted by Crippen LogP contribution is -1.93. The Hall–Kier alpha value is -1.64. The molecule has 0 radical (unpaired) electrons. The molecule has 0 aromatic heterocycles. The topological polar surface area (TPSA) is 54.4 Å². The number of carbonyl (C=O) groups excluding carboxylic acids is 1. The second-order valence-electron chi connectivity index (χ2n) is 9.52. The minimum absolute atomic E-state index is 0.330. The maximum absolute atomic E-state index is 10.3. The van der Waals surface area contributed by atoms with Crippen LogP contribution >= 0.6 is 0 Å². The molecule has 0 fully saturated rings. The first kappa shape index (κ1) is 35.5. The van der Waals surface area contributed by atoms with Crippen LogP contribution in [0.1, 0.15) is 155 Å². The smallest absolute Gasteiger partial charge is 0.303 e. The van der Waals surface area contributed by atoms with E-state index in [4.69, 9.17) is 5.11 Å². The number of carboxylic acid groups (broad SMARTS) is 1. The number of aldehydes is 1. The Balaban J connectivity index is 0. The average Bonchev–Trinajstić information content (AvgIpc) is 2.85. The van der Waals surface area contributed by atoms with Crippen LogP contribution < -0.4 is 0 Å². The summed E-state index contributed by atoms with van der Waals surface area (Å²) in [6, 6.07) is 0. The molecule has 3 nitrogen and oxygen atoms in total. The fourth-order valence-electron chi connectivity index (χ4n) is 3.80. The highest BCUT2D eigenvalue weighted by Gasteiger charge is 1.96. The van der Waals surface area contributed by atoms with Gasteiger partial charge in [-0.1, -0.05) is 114 Å². The van der Waals surface area contributed by atoms with E-state index in [1.807, 2.05) is 6.92 Å². The number of hydrogen-bond donors (Lipinski definition) is 1. The first-order chi connectivity index (χ1) is 17.2. The van der Waals surface area contributed by atoms with Gasteiger partial charge < -0.3 is 9.90 Å². The zero-order valence-electron chi connectivity index (χ0n) is 23.4. The van der Waals surface area contributed by atoms with Crippen LogP contribution in [0.2, 0.25) is 0 Å². The Morgan fingerprint density at radius 3 is 1.46 bits per heavy atom. The molecule has 0 aliphatic carbocycles. The molecule has 0 bridgehead atoms. The molecule has 0 rings (SSSR count). The number of hydrogen-bond acceptors (Lipinski definition) is 2. The second kappa shape index (κ2) is 34.5. The molecule has 0 spiro atoms. The van der Waals surface area contributed by atoms with Crippen LogP contribution in [0.3, 0.4) is 0 Å². The first-order valence-corrected chi connectivity index (χ1v) is 14.8. The van der Waals surface area contributed by atoms with Gasteiger partial charge in [0.05, 0.1) is 0 Å². The third kappa shape index (κ3) is 39.8. The lowest BCUT2D eigenvalue weighted by molar-refractivity contribution is -0.137. The quantitative estimate of drug-likeness (QED) is 0.0786. The normalized spacial score (nSPS) is 11.4. The zero-order valence-corrected chi connectivity index (χ0v) is 23.4. The lowest BCUT2D eigenvalue weighted by atomic mass is 10.1. The van der Waals surface area contributed by atoms with Gasteiger partial charge in [0.2, 0.25) is 0 Å². The Kier molecular flexibility index (Phi) is 35.0. The molecule has 35 heavy (non-hydrogen) atoms. The highest BCUT2D eigenvalue weighted by atomic mass is 16.4. The SMILES string of the molecule is C/C=C/C/C=C\CCCCCCCCCC(=O)O.CCCCC/C=C/CCCCCCCCC=O. The van der Waals surface area contributed by atoms with Crippen molar-refractivity contribution in [2.75, 3.05) is 0 Å². The third-order valence-corrected chi connectivity index (χ3v) is 6.02. The minimum Gasteiger partial charge on any atom is -0.481 e. The Morgan fingerprint density at radius 1 is 0.571 bits per heavy atom. The molecule has 0 amide bonds. The van der Waals surface area contributed by atoms with Crippen molar-refractivity contribution in [3.05, 3.63) is 36.5 Å². The average molecular weight is 491 g/mol. The number of rotatable bonds is 25. The Labute approximate surface area is 218 Å². The standard InChI is InChI=1S/C16H28O2.C16H30O/c1-2-3-4-5-6-7-8-9-10-11-12-13-14-15-16(17)18;1-2-3-4-5-6-7-8-9-10-11-12-13-14-15-16-17/h2-3,5-6H,4,7-15H2,1H3,(H,17,18);6-7,16H,2-5,8-15H2,1H3/b3-2+,6-5-;7-6+. The van der Waals surface area contributed by atoms with Crippen molar-refractivity contribution in [3.63, 3.8) is 0 Å². The fourth-order valence-corrected chi connectivity index (χ4v) is 3.80. The van der Waals surface area contributed by atoms with Crippen molar-refractivity contribution >= 4 is 12.3 Å². The third-order valence-electron chi connectivity index (χ3n) is 6.02. The van der Waals surface area contributed by atoms with E-state index < -0.39 is 5.97 Å². The van der Waals surface area contributed by atoms with E-state index >= 15 is 0 Å². The van der Waals surface area contributed by atoms with Crippen molar-refractivity contribution in [1.29, 1.82) is 0 Å². The molecule has 1 N–H and O–H groups in total. The monoisotopic (exact) mass is 490 g/mol. The fraction of sp³-hybridized carbons (Fsp3) is 0.750. The summed E-state index contributed by atoms with van der Waals surface area (Å²) in [6.07, 6.45) is 40.2. The van der Waals surface area contributed by atoms with Crippen molar-refractivity contribution in [1.82, 2.24) is 0 Å². The molecular weight excluding hydrogens is 432 g/mol. The van der Waals surface area contributed by atoms with E-state index in [1.54, 1.807) is 0 Å². The predicted octanol–water partition coefficient (Wildman–Crippen LogP) is 10.5. The number of unbranched alkanes of at least 4 members (excludes halogenated alkanes) is 17. The Morgan fingerprint density at radius 2 is 1.00 bits per heavy atom. The summed E-state index contributed by atoms with van der Waals surface area (Å²) in [5.41, 5.74) is 0. The van der Waals surface area contributed by atoms with Gasteiger partial charge >= 0.3 is 5.97 Å². The van der Waals surface area contributed by atoms with Gasteiger partial charge in [-0.2, -0.15) is 0 Å². The van der Waals surface area contributed by atoms with Gasteiger partial charge in [0, 0.05) is 12.8 Å². The molecular formula is C32H58O3. The zero-order chi connectivity index (χ0) is 26.1. The van der Waals surface area contributed by atoms with E-state index in [-0.39, 0.29) is 0 Å². The van der Waals surface area contributed by atoms with E-state index in [0.29, 0.717) is 6.42 Å². The van der Waals surface area contributed by atoms with Crippen molar-refractivity contribution in [3.8, 4) is 0 Å². The van der Waals surface area contributed by atoms with E-state index in [1.165, 1.54) is 103 Å². The van der Waals surface area contributed by atoms with Crippen LogP contribution in [0.25, 0.3) is 0 Å². The van der Waals surface area contributed by atoms with Crippen molar-refractivity contribution in [2.24, 2.45) is 0 Å². The van der Waals surface area contributed by atoms with E-state index in [9.17, 15) is 9.59 Å². The van der Waals surface area contributed by atoms with Gasteiger partial charge in [0.15, 0.2) is 0 Å². The predicted molar refractivity (Wildman–Crippen MR) is 154 cm³/mol. The second-order valence-corrected chi connectivity index (χ2v) is 9.52. The molecule has 0 aliphatic rings. The highest BCUT2D eigenvalue weighted by Crippen LogP contribution is 2.10. The van der Waals surface area contributed by atoms with Crippen LogP contribution in [0.15, 0.2) is 36.5 Å². The molecule has 0 saturated carbocycles. The van der Waals surface area contributed by atoms with Crippen molar-refractivity contribution in [2.45, 2.75) is 155 Å². The maximum atomic E-state index is 10.3. The molecule has 3 heteroatoms. The van der Waals surface area contributed by atoms with Crippen LogP contribution in [-0.4, -0.2) is 17.4 Å². The number of carbonyl (C=O) groups is 2. The molecule has 0 saturated heterocycles. The number of allylic oxidation sites excluding steroid dienone is 6. The molecule has 0 atom stereocenters. The van der Waals surface area contributed by atoms with Crippen LogP contribution in [0.4, 0.5) is 0 Å². The number of aliphatic carboxylic acids is 1. The molecule has 0 heterocycles. The molecule has 0 aromatic carbocycles. The van der Waals surface area contributed by atoms with Gasteiger partial charge in [-0.05, 0) is 64.7 Å². The van der Waals surface area contributed by atoms with Gasteiger partial charge in [-0.25, -0.2) is 0 Å². The van der Waals surface area contributed by atoms with Crippen molar-refractivity contribution < 1.29 is 14.7 Å². The minimum atomic E-state index is -0.667. The van der Waals surface area contributed by atoms with Gasteiger partial charge in [0.1, 0.15) is 6.29 Å². The molecule has 0 aromatic rings. The van der Waals surface area contributed by atoms with Crippen LogP contribution in [-0.2, 0) is 9.59 Å². The van der Waals surface area contributed by atoms with Gasteiger partial charge in [0.25, 0.3) is 0 Å². The Bertz CT molecular complexity index is 505. The largest absolute Gasteiger partial charge is 0.481 e. The van der Waals surface area contributed by atoms with E-state index in [0.717, 1.165) is 38.4 Å². The lowest BCUT2D eigenvalue weighted by Gasteiger charge is -2.00. The summed E-state index contributed by atoms with van der Waals surface area (Å²) in [6.45, 7) is 4.29. The van der Waals surface area contributed by atoms with Crippen LogP contribution in [0.5, 0.6) is 0 Å². The van der Waals surface area contributed by atoms with Crippen LogP contribution in [0, 0.1) is 0 Å². The number of carboxylic acids is 1. The summed E-state index contributed by atoms with van der Waals surface area (Å²) < 4.78 is 0. The first-order valence-electron chi connectivity index (χ1n) is 14.8. The van der Waals surface area contributed by atoms with Gasteiger partial charge in [-0.15, -0.1) is 0 Å². The highest BCUT2D eigenvalue weighted by molar-refractivity contribution is 5.66. The van der Waals surface area contributed by atoms with Gasteiger partial charge in [-0.3, -0.25) is 4.79 Å². The summed E-state index contributed by atoms with van der Waals surface area (Å²) in [5.74, 6) is -0.667. The molecule has 0 aliphatic heterocycles.